The molecule has 1 aromatic heterocycles. The number of hydrogen-bond acceptors (Lipinski definition) is 2. The molecule has 1 heterocycles. The van der Waals surface area contributed by atoms with Crippen LogP contribution in [0.25, 0.3) is 0 Å². The van der Waals surface area contributed by atoms with E-state index in [-0.39, 0.29) is 0 Å². The zero-order valence-electron chi connectivity index (χ0n) is 6.57. The number of aryl methyl sites for hydroxylation is 1. The summed E-state index contributed by atoms with van der Waals surface area (Å²) in [4.78, 5) is 3.94. The van der Waals surface area contributed by atoms with Gasteiger partial charge in [-0.2, -0.15) is 0 Å². The molecule has 1 rings (SSSR count). The lowest BCUT2D eigenvalue weighted by Crippen LogP contribution is -1.92. The number of thiol groups is 1. The van der Waals surface area contributed by atoms with E-state index in [0.29, 0.717) is 0 Å². The quantitative estimate of drug-likeness (QED) is 0.667. The lowest BCUT2D eigenvalue weighted by molar-refractivity contribution is 0.631. The molecule has 0 amide bonds. The van der Waals surface area contributed by atoms with Crippen LogP contribution in [0.1, 0.15) is 19.8 Å². The first-order valence-corrected chi connectivity index (χ1v) is 6.79. The highest BCUT2D eigenvalue weighted by atomic mass is 127. The van der Waals surface area contributed by atoms with Crippen LogP contribution in [-0.4, -0.2) is 9.55 Å². The molecule has 0 spiro atoms. The van der Waals surface area contributed by atoms with Crippen molar-refractivity contribution >= 4 is 31.0 Å². The summed E-state index contributed by atoms with van der Waals surface area (Å²) in [6.45, 7) is 3.30. The summed E-state index contributed by atoms with van der Waals surface area (Å²) in [6.07, 6.45) is 8.16. The zero-order valence-corrected chi connectivity index (χ0v) is 9.62. The monoisotopic (exact) mass is 284 g/mol. The molecule has 0 fully saturated rings. The van der Waals surface area contributed by atoms with Crippen molar-refractivity contribution in [3.63, 3.8) is 0 Å². The number of halogens is 1. The van der Waals surface area contributed by atoms with Crippen LogP contribution in [0, 0.1) is 0 Å². The molecular weight excluding hydrogens is 271 g/mol. The molecule has 0 bridgehead atoms. The van der Waals surface area contributed by atoms with Gasteiger partial charge in [-0.3, -0.25) is 0 Å². The van der Waals surface area contributed by atoms with Crippen LogP contribution in [0.15, 0.2) is 18.7 Å². The molecule has 11 heavy (non-hydrogen) atoms. The molecule has 4 heteroatoms. The summed E-state index contributed by atoms with van der Waals surface area (Å²) in [7, 11) is 3.50. The average Bonchev–Trinajstić information content (AvgIpc) is 2.57. The molecule has 0 N–H and O–H groups in total. The van der Waals surface area contributed by atoms with Crippen LogP contribution in [0.2, 0.25) is 0 Å². The van der Waals surface area contributed by atoms with Gasteiger partial charge in [0.2, 0.25) is 0 Å². The summed E-state index contributed by atoms with van der Waals surface area (Å²) < 4.78 is 2.10. The molecule has 0 radical (unpaired) electrons. The topological polar surface area (TPSA) is 17.8 Å². The van der Waals surface area contributed by atoms with E-state index in [1.165, 1.54) is 12.8 Å². The van der Waals surface area contributed by atoms with Crippen molar-refractivity contribution in [3.8, 4) is 0 Å². The SMILES string of the molecule is CCCCn1ccnc1.SI. The number of nitrogens with zero attached hydrogens (tertiary/aromatic N) is 2. The highest BCUT2D eigenvalue weighted by Crippen LogP contribution is 1.92. The predicted molar refractivity (Wildman–Crippen MR) is 60.1 cm³/mol. The maximum Gasteiger partial charge on any atom is 0.0945 e. The van der Waals surface area contributed by atoms with Crippen molar-refractivity contribution in [2.24, 2.45) is 0 Å². The Morgan fingerprint density at radius 3 is 2.73 bits per heavy atom. The van der Waals surface area contributed by atoms with E-state index < -0.39 is 0 Å². The molecule has 2 nitrogen and oxygen atoms in total. The van der Waals surface area contributed by atoms with E-state index in [2.05, 4.69) is 26.3 Å². The van der Waals surface area contributed by atoms with E-state index >= 15 is 0 Å². The Hall–Kier alpha value is 0.290. The van der Waals surface area contributed by atoms with E-state index in [1.807, 2.05) is 39.9 Å². The molecule has 0 atom stereocenters. The van der Waals surface area contributed by atoms with Gasteiger partial charge in [0.25, 0.3) is 0 Å². The van der Waals surface area contributed by atoms with Gasteiger partial charge < -0.3 is 4.57 Å². The molecule has 64 valence electrons. The van der Waals surface area contributed by atoms with Crippen molar-refractivity contribution in [2.45, 2.75) is 26.3 Å². The first kappa shape index (κ1) is 11.3. The van der Waals surface area contributed by atoms with Crippen LogP contribution in [0.4, 0.5) is 0 Å². The number of rotatable bonds is 3. The van der Waals surface area contributed by atoms with Gasteiger partial charge in [0.15, 0.2) is 0 Å². The standard InChI is InChI=1S/C7H12N2.HIS/c1-2-3-5-9-6-4-8-7-9;1-2/h4,6-7H,2-3,5H2,1H3;2H. The van der Waals surface area contributed by atoms with Gasteiger partial charge in [0, 0.05) is 18.9 Å². The van der Waals surface area contributed by atoms with Crippen LogP contribution >= 0.6 is 31.0 Å². The summed E-state index contributed by atoms with van der Waals surface area (Å²) in [6, 6.07) is 0. The molecule has 0 aromatic carbocycles. The largest absolute Gasteiger partial charge is 0.337 e. The molecule has 1 aromatic rings. The number of aromatic nitrogens is 2. The predicted octanol–water partition coefficient (Wildman–Crippen LogP) is 2.95. The molecule has 0 unspecified atom stereocenters. The summed E-state index contributed by atoms with van der Waals surface area (Å²) in [5, 5.41) is 0. The maximum absolute atomic E-state index is 3.94. The Balaban J connectivity index is 0.000000461. The fraction of sp³-hybridized carbons (Fsp3) is 0.571. The van der Waals surface area contributed by atoms with Crippen molar-refractivity contribution < 1.29 is 0 Å². The second-order valence-corrected chi connectivity index (χ2v) is 2.15. The smallest absolute Gasteiger partial charge is 0.0945 e. The van der Waals surface area contributed by atoms with E-state index in [1.54, 1.807) is 0 Å². The Kier molecular flexibility index (Phi) is 8.61. The van der Waals surface area contributed by atoms with Gasteiger partial charge >= 0.3 is 0 Å². The Labute approximate surface area is 85.4 Å². The van der Waals surface area contributed by atoms with Crippen LogP contribution in [0.5, 0.6) is 0 Å². The lowest BCUT2D eigenvalue weighted by atomic mass is 10.3. The van der Waals surface area contributed by atoms with Crippen molar-refractivity contribution in [2.75, 3.05) is 0 Å². The summed E-state index contributed by atoms with van der Waals surface area (Å²) in [5.74, 6) is 0. The van der Waals surface area contributed by atoms with Gasteiger partial charge in [0.05, 0.1) is 6.33 Å². The fourth-order valence-corrected chi connectivity index (χ4v) is 0.760. The Morgan fingerprint density at radius 1 is 1.55 bits per heavy atom. The van der Waals surface area contributed by atoms with E-state index in [9.17, 15) is 0 Å². The minimum atomic E-state index is 1.11. The van der Waals surface area contributed by atoms with Crippen LogP contribution < -0.4 is 0 Å². The minimum absolute atomic E-state index is 1.11. The Morgan fingerprint density at radius 2 is 2.27 bits per heavy atom. The fourth-order valence-electron chi connectivity index (χ4n) is 0.760. The lowest BCUT2D eigenvalue weighted by Gasteiger charge is -1.96. The second-order valence-electron chi connectivity index (χ2n) is 2.15. The van der Waals surface area contributed by atoms with Crippen LogP contribution in [0.3, 0.4) is 0 Å². The van der Waals surface area contributed by atoms with Crippen molar-refractivity contribution in [1.29, 1.82) is 0 Å². The third kappa shape index (κ3) is 5.55. The van der Waals surface area contributed by atoms with Gasteiger partial charge in [-0.25, -0.2) is 4.98 Å². The van der Waals surface area contributed by atoms with Gasteiger partial charge in [0.1, 0.15) is 0 Å². The molecule has 0 aliphatic carbocycles. The Bertz CT molecular complexity index is 153. The highest BCUT2D eigenvalue weighted by molar-refractivity contribution is 14.2. The second kappa shape index (κ2) is 8.39. The first-order chi connectivity index (χ1) is 5.43. The number of unbranched alkanes of at least 4 members (excludes halogenated alkanes) is 1. The molecule has 0 aliphatic heterocycles. The van der Waals surface area contributed by atoms with E-state index in [0.717, 1.165) is 6.54 Å². The van der Waals surface area contributed by atoms with Gasteiger partial charge in [-0.05, 0) is 27.6 Å². The van der Waals surface area contributed by atoms with Crippen LogP contribution in [-0.2, 0) is 6.54 Å². The van der Waals surface area contributed by atoms with Gasteiger partial charge in [-0.15, -0.1) is 9.80 Å². The molecule has 0 saturated heterocycles. The number of imidazole rings is 1. The minimum Gasteiger partial charge on any atom is -0.337 e. The molecular formula is C7H13IN2S. The van der Waals surface area contributed by atoms with Crippen molar-refractivity contribution in [1.82, 2.24) is 9.55 Å². The molecule has 0 saturated carbocycles. The van der Waals surface area contributed by atoms with E-state index in [4.69, 9.17) is 0 Å². The zero-order chi connectivity index (χ0) is 8.53. The summed E-state index contributed by atoms with van der Waals surface area (Å²) in [5.41, 5.74) is 0. The van der Waals surface area contributed by atoms with Gasteiger partial charge in [-0.1, -0.05) is 13.3 Å². The first-order valence-electron chi connectivity index (χ1n) is 3.56. The third-order valence-corrected chi connectivity index (χ3v) is 1.33. The average molecular weight is 284 g/mol. The third-order valence-electron chi connectivity index (χ3n) is 1.33. The highest BCUT2D eigenvalue weighted by Gasteiger charge is 1.85. The summed E-state index contributed by atoms with van der Waals surface area (Å²) >= 11 is 1.84. The van der Waals surface area contributed by atoms with Crippen molar-refractivity contribution in [3.05, 3.63) is 18.7 Å². The normalized spacial score (nSPS) is 8.64. The number of hydrogen-bond donors (Lipinski definition) is 1. The maximum atomic E-state index is 3.94. The molecule has 0 aliphatic rings.